The fourth-order valence-electron chi connectivity index (χ4n) is 3.36. The first kappa shape index (κ1) is 21.1. The van der Waals surface area contributed by atoms with Gasteiger partial charge < -0.3 is 14.8 Å². The van der Waals surface area contributed by atoms with Crippen molar-refractivity contribution in [3.63, 3.8) is 0 Å². The summed E-state index contributed by atoms with van der Waals surface area (Å²) in [6, 6.07) is 11.3. The lowest BCUT2D eigenvalue weighted by Crippen LogP contribution is -2.33. The van der Waals surface area contributed by atoms with E-state index >= 15 is 0 Å². The lowest BCUT2D eigenvalue weighted by Gasteiger charge is -2.16. The van der Waals surface area contributed by atoms with Gasteiger partial charge >= 0.3 is 0 Å². The summed E-state index contributed by atoms with van der Waals surface area (Å²) in [5, 5.41) is 2.77. The van der Waals surface area contributed by atoms with Crippen LogP contribution in [0.3, 0.4) is 0 Å². The Kier molecular flexibility index (Phi) is 6.76. The van der Waals surface area contributed by atoms with Gasteiger partial charge in [-0.3, -0.25) is 4.79 Å². The van der Waals surface area contributed by atoms with Crippen molar-refractivity contribution >= 4 is 21.6 Å². The van der Waals surface area contributed by atoms with Crippen molar-refractivity contribution in [2.24, 2.45) is 0 Å². The van der Waals surface area contributed by atoms with Crippen molar-refractivity contribution in [3.8, 4) is 11.5 Å². The van der Waals surface area contributed by atoms with Crippen LogP contribution in [-0.2, 0) is 10.0 Å². The number of anilines is 1. The zero-order chi connectivity index (χ0) is 20.9. The Balaban J connectivity index is 1.80. The fraction of sp³-hybridized carbons (Fsp3) is 0.381. The maximum atomic E-state index is 12.9. The molecule has 7 nitrogen and oxygen atoms in total. The summed E-state index contributed by atoms with van der Waals surface area (Å²) in [6.45, 7) is 2.45. The fourth-order valence-corrected chi connectivity index (χ4v) is 4.86. The number of sulfonamides is 1. The van der Waals surface area contributed by atoms with Gasteiger partial charge in [0.25, 0.3) is 5.91 Å². The Labute approximate surface area is 171 Å². The van der Waals surface area contributed by atoms with Gasteiger partial charge in [-0.1, -0.05) is 12.8 Å². The first-order chi connectivity index (χ1) is 13.9. The first-order valence-corrected chi connectivity index (χ1v) is 11.2. The molecule has 3 rings (SSSR count). The van der Waals surface area contributed by atoms with Crippen LogP contribution in [0.4, 0.5) is 5.69 Å². The van der Waals surface area contributed by atoms with Crippen molar-refractivity contribution in [1.29, 1.82) is 0 Å². The van der Waals surface area contributed by atoms with E-state index in [4.69, 9.17) is 9.47 Å². The van der Waals surface area contributed by atoms with Crippen molar-refractivity contribution in [2.45, 2.75) is 43.5 Å². The Hall–Kier alpha value is -2.58. The van der Waals surface area contributed by atoms with Gasteiger partial charge in [0.2, 0.25) is 10.0 Å². The second-order valence-electron chi connectivity index (χ2n) is 6.88. The second kappa shape index (κ2) is 9.28. The molecule has 2 aromatic rings. The van der Waals surface area contributed by atoms with Crippen molar-refractivity contribution in [3.05, 3.63) is 48.0 Å². The molecule has 29 heavy (non-hydrogen) atoms. The second-order valence-corrected chi connectivity index (χ2v) is 8.56. The number of ether oxygens (including phenoxy) is 2. The monoisotopic (exact) mass is 418 g/mol. The average molecular weight is 419 g/mol. The van der Waals surface area contributed by atoms with Gasteiger partial charge in [-0.15, -0.1) is 0 Å². The zero-order valence-corrected chi connectivity index (χ0v) is 17.4. The zero-order valence-electron chi connectivity index (χ0n) is 16.6. The summed E-state index contributed by atoms with van der Waals surface area (Å²) in [4.78, 5) is 12.6. The van der Waals surface area contributed by atoms with Gasteiger partial charge in [0.15, 0.2) is 0 Å². The molecule has 0 aromatic heterocycles. The molecule has 8 heteroatoms. The molecule has 1 aliphatic carbocycles. The van der Waals surface area contributed by atoms with Gasteiger partial charge in [-0.05, 0) is 62.2 Å². The summed E-state index contributed by atoms with van der Waals surface area (Å²) in [7, 11) is -2.39. The van der Waals surface area contributed by atoms with Crippen molar-refractivity contribution in [2.75, 3.05) is 19.0 Å². The summed E-state index contributed by atoms with van der Waals surface area (Å²) in [6.07, 6.45) is 3.66. The van der Waals surface area contributed by atoms with E-state index in [1.165, 1.54) is 25.3 Å². The Morgan fingerprint density at radius 2 is 1.79 bits per heavy atom. The summed E-state index contributed by atoms with van der Waals surface area (Å²) >= 11 is 0. The minimum absolute atomic E-state index is 0.0359. The number of rotatable bonds is 8. The van der Waals surface area contributed by atoms with E-state index in [2.05, 4.69) is 10.0 Å². The number of hydrogen-bond donors (Lipinski definition) is 2. The van der Waals surface area contributed by atoms with Crippen LogP contribution in [-0.4, -0.2) is 34.1 Å². The van der Waals surface area contributed by atoms with Gasteiger partial charge in [-0.2, -0.15) is 0 Å². The predicted molar refractivity (Wildman–Crippen MR) is 111 cm³/mol. The molecule has 0 atom stereocenters. The van der Waals surface area contributed by atoms with Gasteiger partial charge in [0, 0.05) is 17.3 Å². The topological polar surface area (TPSA) is 93.7 Å². The number of nitrogens with one attached hydrogen (secondary N) is 2. The minimum atomic E-state index is -3.80. The molecule has 0 spiro atoms. The van der Waals surface area contributed by atoms with E-state index in [9.17, 15) is 13.2 Å². The molecule has 2 N–H and O–H groups in total. The Morgan fingerprint density at radius 1 is 1.10 bits per heavy atom. The van der Waals surface area contributed by atoms with Gasteiger partial charge in [-0.25, -0.2) is 13.1 Å². The number of benzene rings is 2. The number of amides is 1. The highest BCUT2D eigenvalue weighted by atomic mass is 32.2. The van der Waals surface area contributed by atoms with E-state index in [0.29, 0.717) is 18.0 Å². The van der Waals surface area contributed by atoms with Crippen LogP contribution in [0.2, 0.25) is 0 Å². The third kappa shape index (κ3) is 5.27. The van der Waals surface area contributed by atoms with Crippen molar-refractivity contribution in [1.82, 2.24) is 4.72 Å². The van der Waals surface area contributed by atoms with Crippen LogP contribution in [0.1, 0.15) is 43.0 Å². The lowest BCUT2D eigenvalue weighted by molar-refractivity contribution is 0.102. The summed E-state index contributed by atoms with van der Waals surface area (Å²) < 4.78 is 39.1. The van der Waals surface area contributed by atoms with E-state index in [0.717, 1.165) is 25.7 Å². The number of methoxy groups -OCH3 is 1. The molecule has 1 aliphatic rings. The van der Waals surface area contributed by atoms with Gasteiger partial charge in [0.05, 0.1) is 13.7 Å². The van der Waals surface area contributed by atoms with Crippen molar-refractivity contribution < 1.29 is 22.7 Å². The van der Waals surface area contributed by atoms with E-state index in [-0.39, 0.29) is 22.3 Å². The molecular weight excluding hydrogens is 392 g/mol. The van der Waals surface area contributed by atoms with Gasteiger partial charge in [0.1, 0.15) is 16.4 Å². The van der Waals surface area contributed by atoms with E-state index in [1.807, 2.05) is 6.92 Å². The SMILES string of the molecule is CCOc1ccc(NC(=O)c2ccc(OC)c(S(=O)(=O)NC3CCCC3)c2)cc1. The quantitative estimate of drug-likeness (QED) is 0.684. The normalized spacial score (nSPS) is 14.6. The first-order valence-electron chi connectivity index (χ1n) is 9.67. The number of carbonyl (C=O) groups is 1. The molecule has 1 saturated carbocycles. The van der Waals surface area contributed by atoms with Crippen LogP contribution in [0.15, 0.2) is 47.4 Å². The smallest absolute Gasteiger partial charge is 0.255 e. The molecule has 0 bridgehead atoms. The molecule has 0 radical (unpaired) electrons. The third-order valence-corrected chi connectivity index (χ3v) is 6.36. The Morgan fingerprint density at radius 3 is 2.41 bits per heavy atom. The molecule has 0 saturated heterocycles. The molecule has 156 valence electrons. The van der Waals surface area contributed by atoms with Crippen LogP contribution in [0.25, 0.3) is 0 Å². The highest BCUT2D eigenvalue weighted by molar-refractivity contribution is 7.89. The summed E-state index contributed by atoms with van der Waals surface area (Å²) in [5.41, 5.74) is 0.814. The molecule has 0 aliphatic heterocycles. The highest BCUT2D eigenvalue weighted by Crippen LogP contribution is 2.27. The minimum Gasteiger partial charge on any atom is -0.495 e. The standard InChI is InChI=1S/C21H26N2O5S/c1-3-28-18-11-9-16(10-12-18)22-21(24)15-8-13-19(27-2)20(14-15)29(25,26)23-17-6-4-5-7-17/h8-14,17,23H,3-7H2,1-2H3,(H,22,24). The largest absolute Gasteiger partial charge is 0.495 e. The number of hydrogen-bond acceptors (Lipinski definition) is 5. The van der Waals surface area contributed by atoms with E-state index < -0.39 is 15.9 Å². The Bertz CT molecular complexity index is 952. The predicted octanol–water partition coefficient (Wildman–Crippen LogP) is 3.57. The average Bonchev–Trinajstić information content (AvgIpc) is 3.21. The van der Waals surface area contributed by atoms with Crippen LogP contribution in [0, 0.1) is 0 Å². The lowest BCUT2D eigenvalue weighted by atomic mass is 10.2. The maximum absolute atomic E-state index is 12.9. The highest BCUT2D eigenvalue weighted by Gasteiger charge is 2.26. The molecule has 1 amide bonds. The third-order valence-electron chi connectivity index (χ3n) is 4.82. The molecule has 2 aromatic carbocycles. The molecular formula is C21H26N2O5S. The number of carbonyl (C=O) groups excluding carboxylic acids is 1. The van der Waals surface area contributed by atoms with E-state index in [1.54, 1.807) is 24.3 Å². The van der Waals surface area contributed by atoms with Crippen LogP contribution >= 0.6 is 0 Å². The van der Waals surface area contributed by atoms with Crippen LogP contribution in [0.5, 0.6) is 11.5 Å². The molecule has 0 heterocycles. The molecule has 1 fully saturated rings. The molecule has 0 unspecified atom stereocenters. The van der Waals surface area contributed by atoms with Crippen LogP contribution < -0.4 is 19.5 Å². The summed E-state index contributed by atoms with van der Waals surface area (Å²) in [5.74, 6) is 0.503. The maximum Gasteiger partial charge on any atom is 0.255 e.